The van der Waals surface area contributed by atoms with Crippen molar-refractivity contribution in [2.75, 3.05) is 26.2 Å². The summed E-state index contributed by atoms with van der Waals surface area (Å²) in [6, 6.07) is 0. The van der Waals surface area contributed by atoms with Crippen LogP contribution in [0.1, 0.15) is 0 Å². The van der Waals surface area contributed by atoms with Crippen LogP contribution in [0.2, 0.25) is 0 Å². The van der Waals surface area contributed by atoms with Crippen molar-refractivity contribution in [2.24, 2.45) is 5.73 Å². The van der Waals surface area contributed by atoms with Gasteiger partial charge in [-0.25, -0.2) is 0 Å². The second kappa shape index (κ2) is 16.5. The van der Waals surface area contributed by atoms with Crippen molar-refractivity contribution in [1.82, 2.24) is 5.32 Å². The predicted molar refractivity (Wildman–Crippen MR) is 43.3 cm³/mol. The van der Waals surface area contributed by atoms with E-state index in [0.29, 0.717) is 13.1 Å². The number of hydrogen-bond donors (Lipinski definition) is 3. The van der Waals surface area contributed by atoms with E-state index in [9.17, 15) is 0 Å². The molecule has 0 heterocycles. The Kier molecular flexibility index (Phi) is 31.3. The number of aliphatic hydroxyl groups excluding tert-OH is 1. The second-order valence-corrected chi connectivity index (χ2v) is 1.26. The van der Waals surface area contributed by atoms with Crippen molar-refractivity contribution >= 4 is 59.1 Å². The van der Waals surface area contributed by atoms with E-state index in [1.807, 2.05) is 0 Å². The van der Waals surface area contributed by atoms with Crippen molar-refractivity contribution in [2.45, 2.75) is 0 Å². The molecule has 0 spiro atoms. The summed E-state index contributed by atoms with van der Waals surface area (Å²) < 4.78 is 0. The maximum absolute atomic E-state index is 8.19. The average molecular weight is 152 g/mol. The van der Waals surface area contributed by atoms with Crippen LogP contribution in [0.25, 0.3) is 0 Å². The van der Waals surface area contributed by atoms with E-state index in [0.717, 1.165) is 6.54 Å². The van der Waals surface area contributed by atoms with Crippen LogP contribution in [0.4, 0.5) is 0 Å². The van der Waals surface area contributed by atoms with Crippen LogP contribution in [0.3, 0.4) is 0 Å². The Balaban J connectivity index is -0.000000180. The van der Waals surface area contributed by atoms with E-state index < -0.39 is 0 Å². The van der Waals surface area contributed by atoms with Crippen molar-refractivity contribution in [3.05, 3.63) is 0 Å². The molecule has 3 nitrogen and oxygen atoms in total. The zero-order chi connectivity index (χ0) is 5.54. The van der Waals surface area contributed by atoms with E-state index in [4.69, 9.17) is 10.8 Å². The molecule has 5 heteroatoms. The first kappa shape index (κ1) is 17.1. The molecule has 0 aliphatic heterocycles. The summed E-state index contributed by atoms with van der Waals surface area (Å²) in [5, 5.41) is 11.1. The van der Waals surface area contributed by atoms with Crippen LogP contribution in [0.15, 0.2) is 0 Å². The molecule has 0 saturated heterocycles. The van der Waals surface area contributed by atoms with E-state index >= 15 is 0 Å². The van der Waals surface area contributed by atoms with Crippen molar-refractivity contribution < 1.29 is 5.11 Å². The van der Waals surface area contributed by atoms with Gasteiger partial charge < -0.3 is 16.2 Å². The van der Waals surface area contributed by atoms with Crippen LogP contribution in [-0.4, -0.2) is 90.5 Å². The van der Waals surface area contributed by atoms with E-state index in [2.05, 4.69) is 5.32 Å². The Bertz CT molecular complexity index is 35.7. The zero-order valence-corrected chi connectivity index (χ0v) is 4.35. The summed E-state index contributed by atoms with van der Waals surface area (Å²) in [6.45, 7) is 2.28. The number of rotatable bonds is 4. The minimum atomic E-state index is 0. The SMILES string of the molecule is NCCNCCO.[NaH].[NaH]. The number of hydrogen-bond acceptors (Lipinski definition) is 3. The Labute approximate surface area is 100 Å². The molecule has 0 rings (SSSR count). The van der Waals surface area contributed by atoms with Gasteiger partial charge in [0, 0.05) is 19.6 Å². The molecule has 0 fully saturated rings. The van der Waals surface area contributed by atoms with Gasteiger partial charge in [0.25, 0.3) is 0 Å². The Morgan fingerprint density at radius 2 is 1.78 bits per heavy atom. The molecule has 0 aromatic heterocycles. The first-order valence-electron chi connectivity index (χ1n) is 2.43. The van der Waals surface area contributed by atoms with Gasteiger partial charge in [0.1, 0.15) is 0 Å². The van der Waals surface area contributed by atoms with Crippen molar-refractivity contribution in [3.8, 4) is 0 Å². The molecule has 0 saturated carbocycles. The molecule has 0 aliphatic carbocycles. The third-order valence-corrected chi connectivity index (χ3v) is 0.610. The minimum absolute atomic E-state index is 0. The summed E-state index contributed by atoms with van der Waals surface area (Å²) in [7, 11) is 0. The van der Waals surface area contributed by atoms with Gasteiger partial charge in [0.2, 0.25) is 0 Å². The molecule has 4 N–H and O–H groups in total. The quantitative estimate of drug-likeness (QED) is 0.302. The second-order valence-electron chi connectivity index (χ2n) is 1.26. The Hall–Kier alpha value is 1.88. The fourth-order valence-electron chi connectivity index (χ4n) is 0.306. The van der Waals surface area contributed by atoms with E-state index in [1.165, 1.54) is 0 Å². The van der Waals surface area contributed by atoms with Crippen molar-refractivity contribution in [1.29, 1.82) is 0 Å². The fourth-order valence-corrected chi connectivity index (χ4v) is 0.306. The third-order valence-electron chi connectivity index (χ3n) is 0.610. The van der Waals surface area contributed by atoms with Gasteiger partial charge in [-0.15, -0.1) is 0 Å². The molecule has 0 bridgehead atoms. The normalized spacial score (nSPS) is 7.33. The van der Waals surface area contributed by atoms with E-state index in [-0.39, 0.29) is 65.7 Å². The zero-order valence-electron chi connectivity index (χ0n) is 4.35. The topological polar surface area (TPSA) is 58.3 Å². The molecule has 0 radical (unpaired) electrons. The monoisotopic (exact) mass is 152 g/mol. The third kappa shape index (κ3) is 17.7. The van der Waals surface area contributed by atoms with Gasteiger partial charge in [-0.1, -0.05) is 0 Å². The van der Waals surface area contributed by atoms with Crippen LogP contribution in [0, 0.1) is 0 Å². The average Bonchev–Trinajstić information content (AvgIpc) is 1.69. The predicted octanol–water partition coefficient (Wildman–Crippen LogP) is -2.77. The van der Waals surface area contributed by atoms with Gasteiger partial charge in [-0.05, 0) is 0 Å². The summed E-state index contributed by atoms with van der Waals surface area (Å²) in [4.78, 5) is 0. The summed E-state index contributed by atoms with van der Waals surface area (Å²) in [6.07, 6.45) is 0. The molecule has 0 aromatic carbocycles. The van der Waals surface area contributed by atoms with Gasteiger partial charge >= 0.3 is 59.1 Å². The maximum atomic E-state index is 8.19. The van der Waals surface area contributed by atoms with Gasteiger partial charge in [0.05, 0.1) is 6.61 Å². The molecule has 48 valence electrons. The molecule has 0 amide bonds. The summed E-state index contributed by atoms with van der Waals surface area (Å²) in [5.41, 5.74) is 5.13. The van der Waals surface area contributed by atoms with Gasteiger partial charge in [-0.3, -0.25) is 0 Å². The molecular formula is C4H14N2Na2O. The Morgan fingerprint density at radius 1 is 1.22 bits per heavy atom. The molecule has 0 aromatic rings. The number of nitrogens with one attached hydrogen (secondary N) is 1. The summed E-state index contributed by atoms with van der Waals surface area (Å²) in [5.74, 6) is 0. The molecule has 9 heavy (non-hydrogen) atoms. The molecule has 0 unspecified atom stereocenters. The molecule has 0 aliphatic rings. The summed E-state index contributed by atoms with van der Waals surface area (Å²) >= 11 is 0. The van der Waals surface area contributed by atoms with E-state index in [1.54, 1.807) is 0 Å². The first-order valence-corrected chi connectivity index (χ1v) is 2.43. The Morgan fingerprint density at radius 3 is 2.11 bits per heavy atom. The first-order chi connectivity index (χ1) is 3.41. The van der Waals surface area contributed by atoms with Gasteiger partial charge in [-0.2, -0.15) is 0 Å². The fraction of sp³-hybridized carbons (Fsp3) is 1.00. The van der Waals surface area contributed by atoms with Crippen LogP contribution < -0.4 is 11.1 Å². The molecule has 0 atom stereocenters. The number of aliphatic hydroxyl groups is 1. The van der Waals surface area contributed by atoms with Crippen LogP contribution >= 0.6 is 0 Å². The molecular weight excluding hydrogens is 138 g/mol. The number of nitrogens with two attached hydrogens (primary N) is 1. The van der Waals surface area contributed by atoms with Crippen LogP contribution in [-0.2, 0) is 0 Å². The standard InChI is InChI=1S/C4H12N2O.2Na.2H/c5-1-2-6-3-4-7;;;;/h6-7H,1-5H2;;;;. The van der Waals surface area contributed by atoms with Gasteiger partial charge in [0.15, 0.2) is 0 Å². The van der Waals surface area contributed by atoms with Crippen LogP contribution in [0.5, 0.6) is 0 Å². The van der Waals surface area contributed by atoms with Crippen molar-refractivity contribution in [3.63, 3.8) is 0 Å².